The number of hydrogen-bond acceptors (Lipinski definition) is 6. The molecule has 0 atom stereocenters. The topological polar surface area (TPSA) is 107 Å². The Morgan fingerprint density at radius 2 is 1.45 bits per heavy atom. The first-order chi connectivity index (χ1) is 14.5. The summed E-state index contributed by atoms with van der Waals surface area (Å²) in [5.41, 5.74) is 0.661. The maximum absolute atomic E-state index is 13.8. The van der Waals surface area contributed by atoms with Gasteiger partial charge in [0.05, 0.1) is 15.4 Å². The highest BCUT2D eigenvalue weighted by Gasteiger charge is 2.23. The Morgan fingerprint density at radius 3 is 2.03 bits per heavy atom. The second-order valence-electron chi connectivity index (χ2n) is 6.73. The third-order valence-corrected chi connectivity index (χ3v) is 6.70. The van der Waals surface area contributed by atoms with Crippen LogP contribution in [0.1, 0.15) is 15.9 Å². The number of amides is 1. The molecule has 0 aromatic heterocycles. The lowest BCUT2D eigenvalue weighted by molar-refractivity contribution is 0.0978. The summed E-state index contributed by atoms with van der Waals surface area (Å²) >= 11 is 0. The zero-order valence-corrected chi connectivity index (χ0v) is 18.1. The molecule has 0 radical (unpaired) electrons. The van der Waals surface area contributed by atoms with Crippen molar-refractivity contribution >= 4 is 25.8 Å². The Morgan fingerprint density at radius 1 is 0.871 bits per heavy atom. The van der Waals surface area contributed by atoms with Crippen LogP contribution in [0, 0.1) is 12.7 Å². The number of sulfonamides is 1. The number of sulfone groups is 1. The fourth-order valence-electron chi connectivity index (χ4n) is 2.60. The minimum Gasteiger partial charge on any atom is -0.457 e. The van der Waals surface area contributed by atoms with E-state index < -0.39 is 31.6 Å². The van der Waals surface area contributed by atoms with Crippen molar-refractivity contribution in [1.82, 2.24) is 4.72 Å². The van der Waals surface area contributed by atoms with Gasteiger partial charge in [0, 0.05) is 6.26 Å². The maximum atomic E-state index is 13.8. The predicted molar refractivity (Wildman–Crippen MR) is 112 cm³/mol. The first-order valence-corrected chi connectivity index (χ1v) is 12.2. The molecular weight excluding hydrogens is 445 g/mol. The Balaban J connectivity index is 1.88. The first kappa shape index (κ1) is 22.4. The van der Waals surface area contributed by atoms with Gasteiger partial charge in [-0.2, -0.15) is 0 Å². The number of ether oxygens (including phenoxy) is 1. The molecular formula is C21H18FNO6S2. The van der Waals surface area contributed by atoms with Gasteiger partial charge in [0.15, 0.2) is 9.84 Å². The summed E-state index contributed by atoms with van der Waals surface area (Å²) in [7, 11) is -7.86. The number of rotatable bonds is 6. The highest BCUT2D eigenvalue weighted by Crippen LogP contribution is 2.27. The maximum Gasteiger partial charge on any atom is 0.268 e. The van der Waals surface area contributed by atoms with E-state index in [-0.39, 0.29) is 21.1 Å². The predicted octanol–water partition coefficient (Wildman–Crippen LogP) is 3.45. The molecule has 10 heteroatoms. The van der Waals surface area contributed by atoms with Crippen molar-refractivity contribution in [3.63, 3.8) is 0 Å². The highest BCUT2D eigenvalue weighted by atomic mass is 32.2. The van der Waals surface area contributed by atoms with Crippen molar-refractivity contribution in [2.45, 2.75) is 16.7 Å². The van der Waals surface area contributed by atoms with Crippen LogP contribution in [0.5, 0.6) is 11.5 Å². The van der Waals surface area contributed by atoms with E-state index in [1.807, 2.05) is 11.6 Å². The molecule has 7 nitrogen and oxygen atoms in total. The van der Waals surface area contributed by atoms with E-state index in [0.717, 1.165) is 48.2 Å². The van der Waals surface area contributed by atoms with Crippen LogP contribution in [0.25, 0.3) is 0 Å². The van der Waals surface area contributed by atoms with Crippen LogP contribution in [0.3, 0.4) is 0 Å². The van der Waals surface area contributed by atoms with Crippen LogP contribution >= 0.6 is 0 Å². The summed E-state index contributed by atoms with van der Waals surface area (Å²) < 4.78 is 69.4. The van der Waals surface area contributed by atoms with Gasteiger partial charge in [-0.15, -0.1) is 0 Å². The molecule has 3 aromatic carbocycles. The number of hydrogen-bond donors (Lipinski definition) is 1. The van der Waals surface area contributed by atoms with Crippen LogP contribution in [-0.2, 0) is 19.9 Å². The third-order valence-electron chi connectivity index (χ3n) is 4.22. The number of carbonyl (C=O) groups is 1. The largest absolute Gasteiger partial charge is 0.457 e. The molecule has 3 rings (SSSR count). The molecule has 0 aliphatic carbocycles. The lowest BCUT2D eigenvalue weighted by atomic mass is 10.2. The monoisotopic (exact) mass is 463 g/mol. The van der Waals surface area contributed by atoms with Crippen molar-refractivity contribution in [3.8, 4) is 11.5 Å². The van der Waals surface area contributed by atoms with Gasteiger partial charge >= 0.3 is 0 Å². The molecule has 1 amide bonds. The molecule has 31 heavy (non-hydrogen) atoms. The molecule has 3 aromatic rings. The average Bonchev–Trinajstić information content (AvgIpc) is 2.70. The molecule has 0 unspecified atom stereocenters. The summed E-state index contributed by atoms with van der Waals surface area (Å²) in [4.78, 5) is 12.2. The summed E-state index contributed by atoms with van der Waals surface area (Å²) in [5, 5.41) is 0. The van der Waals surface area contributed by atoms with Crippen LogP contribution in [0.2, 0.25) is 0 Å². The van der Waals surface area contributed by atoms with Crippen LogP contribution in [0.15, 0.2) is 76.5 Å². The van der Waals surface area contributed by atoms with Gasteiger partial charge in [0.2, 0.25) is 0 Å². The molecule has 0 aliphatic heterocycles. The number of carbonyl (C=O) groups excluding carboxylic acids is 1. The van der Waals surface area contributed by atoms with Crippen LogP contribution < -0.4 is 9.46 Å². The average molecular weight is 464 g/mol. The lowest BCUT2D eigenvalue weighted by Gasteiger charge is -2.12. The first-order valence-electron chi connectivity index (χ1n) is 8.87. The van der Waals surface area contributed by atoms with Gasteiger partial charge in [0.25, 0.3) is 15.9 Å². The molecule has 0 bridgehead atoms. The summed E-state index contributed by atoms with van der Waals surface area (Å²) in [6.45, 7) is 1.88. The van der Waals surface area contributed by atoms with Crippen LogP contribution in [-0.4, -0.2) is 29.0 Å². The Kier molecular flexibility index (Phi) is 6.14. The highest BCUT2D eigenvalue weighted by molar-refractivity contribution is 7.91. The van der Waals surface area contributed by atoms with Crippen molar-refractivity contribution in [1.29, 1.82) is 0 Å². The van der Waals surface area contributed by atoms with E-state index in [9.17, 15) is 26.0 Å². The van der Waals surface area contributed by atoms with E-state index in [1.165, 1.54) is 6.07 Å². The Labute approximate surface area is 179 Å². The smallest absolute Gasteiger partial charge is 0.268 e. The standard InChI is InChI=1S/C21H18FNO6S2/c1-14-3-6-16(7-4-14)29-20-12-5-15(22)13-19(20)21(24)23-31(27,28)18-10-8-17(9-11-18)30(2,25)26/h3-13H,1-2H3,(H,23,24). The molecule has 0 aliphatic rings. The SMILES string of the molecule is Cc1ccc(Oc2ccc(F)cc2C(=O)NS(=O)(=O)c2ccc(S(C)(=O)=O)cc2)cc1. The fraction of sp³-hybridized carbons (Fsp3) is 0.0952. The zero-order chi connectivity index (χ0) is 22.8. The molecule has 0 saturated heterocycles. The molecule has 1 N–H and O–H groups in total. The van der Waals surface area contributed by atoms with Crippen molar-refractivity contribution < 1.29 is 30.8 Å². The fourth-order valence-corrected chi connectivity index (χ4v) is 4.20. The van der Waals surface area contributed by atoms with E-state index >= 15 is 0 Å². The zero-order valence-electron chi connectivity index (χ0n) is 16.5. The number of nitrogens with one attached hydrogen (secondary N) is 1. The van der Waals surface area contributed by atoms with Gasteiger partial charge in [-0.25, -0.2) is 25.9 Å². The summed E-state index contributed by atoms with van der Waals surface area (Å²) in [5.74, 6) is -1.51. The van der Waals surface area contributed by atoms with E-state index in [1.54, 1.807) is 24.3 Å². The second-order valence-corrected chi connectivity index (χ2v) is 10.4. The second kappa shape index (κ2) is 8.48. The molecule has 0 spiro atoms. The molecule has 0 saturated carbocycles. The Bertz CT molecular complexity index is 1330. The van der Waals surface area contributed by atoms with E-state index in [2.05, 4.69) is 0 Å². The minimum absolute atomic E-state index is 0.0367. The number of halogens is 1. The lowest BCUT2D eigenvalue weighted by Crippen LogP contribution is -2.31. The van der Waals surface area contributed by atoms with Crippen LogP contribution in [0.4, 0.5) is 4.39 Å². The van der Waals surface area contributed by atoms with Crippen molar-refractivity contribution in [2.24, 2.45) is 0 Å². The van der Waals surface area contributed by atoms with E-state index in [4.69, 9.17) is 4.74 Å². The van der Waals surface area contributed by atoms with Gasteiger partial charge in [-0.1, -0.05) is 17.7 Å². The Hall–Kier alpha value is -3.24. The van der Waals surface area contributed by atoms with E-state index in [0.29, 0.717) is 5.75 Å². The third kappa shape index (κ3) is 5.47. The summed E-state index contributed by atoms with van der Waals surface area (Å²) in [6.07, 6.45) is 0.984. The minimum atomic E-state index is -4.35. The normalized spacial score (nSPS) is 11.7. The van der Waals surface area contributed by atoms with Gasteiger partial charge in [-0.05, 0) is 61.5 Å². The van der Waals surface area contributed by atoms with Gasteiger partial charge < -0.3 is 4.74 Å². The molecule has 162 valence electrons. The quantitative estimate of drug-likeness (QED) is 0.600. The summed E-state index contributed by atoms with van der Waals surface area (Å²) in [6, 6.07) is 14.4. The van der Waals surface area contributed by atoms with Gasteiger partial charge in [-0.3, -0.25) is 4.79 Å². The van der Waals surface area contributed by atoms with Gasteiger partial charge in [0.1, 0.15) is 17.3 Å². The number of benzene rings is 3. The van der Waals surface area contributed by atoms with Crippen molar-refractivity contribution in [2.75, 3.05) is 6.26 Å². The molecule has 0 heterocycles. The molecule has 0 fully saturated rings. The van der Waals surface area contributed by atoms with Crippen molar-refractivity contribution in [3.05, 3.63) is 83.7 Å². The number of aryl methyl sites for hydroxylation is 1.